The Balaban J connectivity index is 1.90. The van der Waals surface area contributed by atoms with E-state index in [2.05, 4.69) is 22.5 Å². The quantitative estimate of drug-likeness (QED) is 0.787. The molecule has 132 valence electrons. The zero-order valence-electron chi connectivity index (χ0n) is 15.0. The molecule has 24 heavy (non-hydrogen) atoms. The van der Waals surface area contributed by atoms with Crippen LogP contribution in [0, 0.1) is 19.3 Å². The monoisotopic (exact) mass is 332 g/mol. The summed E-state index contributed by atoms with van der Waals surface area (Å²) in [5.74, 6) is -0.293. The van der Waals surface area contributed by atoms with Gasteiger partial charge in [0.2, 0.25) is 5.91 Å². The summed E-state index contributed by atoms with van der Waals surface area (Å²) in [6.07, 6.45) is 0.968. The second-order valence-electron chi connectivity index (χ2n) is 7.17. The first-order chi connectivity index (χ1) is 11.2. The van der Waals surface area contributed by atoms with E-state index in [1.165, 1.54) is 0 Å². The van der Waals surface area contributed by atoms with Crippen molar-refractivity contribution in [2.24, 2.45) is 11.1 Å². The molecule has 1 aromatic rings. The van der Waals surface area contributed by atoms with Crippen LogP contribution < -0.4 is 16.4 Å². The summed E-state index contributed by atoms with van der Waals surface area (Å²) >= 11 is 0. The molecule has 0 radical (unpaired) electrons. The molecule has 2 unspecified atom stereocenters. The number of nitrogens with zero attached hydrogens (tertiary/aromatic N) is 1. The lowest BCUT2D eigenvalue weighted by Crippen LogP contribution is -2.48. The highest BCUT2D eigenvalue weighted by atomic mass is 16.2. The average molecular weight is 332 g/mol. The van der Waals surface area contributed by atoms with Gasteiger partial charge in [0.1, 0.15) is 0 Å². The van der Waals surface area contributed by atoms with Crippen LogP contribution in [-0.4, -0.2) is 42.5 Å². The lowest BCUT2D eigenvalue weighted by atomic mass is 9.90. The zero-order chi connectivity index (χ0) is 17.9. The van der Waals surface area contributed by atoms with Crippen LogP contribution in [0.2, 0.25) is 0 Å². The number of nitrogens with two attached hydrogens (primary N) is 1. The Bertz CT molecular complexity index is 631. The maximum Gasteiger partial charge on any atom is 0.325 e. The smallest absolute Gasteiger partial charge is 0.325 e. The number of hydrogen-bond donors (Lipinski definition) is 3. The maximum absolute atomic E-state index is 12.3. The highest BCUT2D eigenvalue weighted by Gasteiger charge is 2.36. The molecule has 1 aromatic carbocycles. The summed E-state index contributed by atoms with van der Waals surface area (Å²) in [7, 11) is 0. The van der Waals surface area contributed by atoms with Crippen LogP contribution >= 0.6 is 0 Å². The van der Waals surface area contributed by atoms with Gasteiger partial charge in [-0.1, -0.05) is 24.6 Å². The number of hydrogen-bond acceptors (Lipinski definition) is 4. The third-order valence-corrected chi connectivity index (χ3v) is 4.87. The number of urea groups is 1. The van der Waals surface area contributed by atoms with Gasteiger partial charge in [0.25, 0.3) is 0 Å². The third-order valence-electron chi connectivity index (χ3n) is 4.87. The molecule has 6 nitrogen and oxygen atoms in total. The largest absolute Gasteiger partial charge is 0.330 e. The second kappa shape index (κ2) is 7.32. The normalized spacial score (nSPS) is 22.2. The van der Waals surface area contributed by atoms with Gasteiger partial charge in [-0.3, -0.25) is 15.0 Å². The molecule has 6 heteroatoms. The fraction of sp³-hybridized carbons (Fsp3) is 0.556. The van der Waals surface area contributed by atoms with Crippen LogP contribution in [0.3, 0.4) is 0 Å². The molecule has 0 bridgehead atoms. The fourth-order valence-electron chi connectivity index (χ4n) is 3.05. The fourth-order valence-corrected chi connectivity index (χ4v) is 3.05. The number of aryl methyl sites for hydroxylation is 2. The van der Waals surface area contributed by atoms with Crippen molar-refractivity contribution in [3.8, 4) is 0 Å². The number of anilines is 1. The Hall–Kier alpha value is -1.92. The summed E-state index contributed by atoms with van der Waals surface area (Å²) in [5, 5.41) is 5.16. The Morgan fingerprint density at radius 3 is 2.67 bits per heavy atom. The predicted molar refractivity (Wildman–Crippen MR) is 95.9 cm³/mol. The van der Waals surface area contributed by atoms with Crippen LogP contribution in [0.25, 0.3) is 0 Å². The third kappa shape index (κ3) is 4.33. The maximum atomic E-state index is 12.3. The van der Waals surface area contributed by atoms with Gasteiger partial charge in [-0.05, 0) is 57.3 Å². The van der Waals surface area contributed by atoms with Crippen molar-refractivity contribution < 1.29 is 9.59 Å². The molecule has 1 saturated heterocycles. The van der Waals surface area contributed by atoms with Crippen molar-refractivity contribution in [3.05, 3.63) is 29.3 Å². The SMILES string of the molecule is Cc1ccc(NC(=O)NC(=O)C(C)N2CCC(C)(CN)C2)c(C)c1. The predicted octanol–water partition coefficient (Wildman–Crippen LogP) is 2.01. The Morgan fingerprint density at radius 1 is 1.38 bits per heavy atom. The van der Waals surface area contributed by atoms with Crippen molar-refractivity contribution in [1.82, 2.24) is 10.2 Å². The van der Waals surface area contributed by atoms with Crippen molar-refractivity contribution in [3.63, 3.8) is 0 Å². The van der Waals surface area contributed by atoms with Gasteiger partial charge < -0.3 is 11.1 Å². The van der Waals surface area contributed by atoms with E-state index >= 15 is 0 Å². The van der Waals surface area contributed by atoms with Crippen LogP contribution in [-0.2, 0) is 4.79 Å². The Morgan fingerprint density at radius 2 is 2.08 bits per heavy atom. The second-order valence-corrected chi connectivity index (χ2v) is 7.17. The van der Waals surface area contributed by atoms with E-state index in [0.717, 1.165) is 30.6 Å². The molecule has 0 aromatic heterocycles. The molecule has 1 fully saturated rings. The molecule has 4 N–H and O–H groups in total. The minimum absolute atomic E-state index is 0.0514. The summed E-state index contributed by atoms with van der Waals surface area (Å²) in [6, 6.07) is 4.89. The summed E-state index contributed by atoms with van der Waals surface area (Å²) in [6.45, 7) is 10.1. The summed E-state index contributed by atoms with van der Waals surface area (Å²) in [5.41, 5.74) is 8.65. The summed E-state index contributed by atoms with van der Waals surface area (Å²) in [4.78, 5) is 26.5. The van der Waals surface area contributed by atoms with Gasteiger partial charge in [0, 0.05) is 12.2 Å². The Kier molecular flexibility index (Phi) is 5.62. The van der Waals surface area contributed by atoms with Crippen LogP contribution in [0.4, 0.5) is 10.5 Å². The Labute approximate surface area is 143 Å². The molecule has 0 spiro atoms. The van der Waals surface area contributed by atoms with Crippen molar-refractivity contribution in [2.75, 3.05) is 25.0 Å². The lowest BCUT2D eigenvalue weighted by molar-refractivity contribution is -0.124. The zero-order valence-corrected chi connectivity index (χ0v) is 15.0. The number of rotatable bonds is 4. The van der Waals surface area contributed by atoms with E-state index in [0.29, 0.717) is 12.2 Å². The molecule has 0 saturated carbocycles. The summed E-state index contributed by atoms with van der Waals surface area (Å²) < 4.78 is 0. The van der Waals surface area contributed by atoms with Crippen molar-refractivity contribution in [1.29, 1.82) is 0 Å². The number of benzene rings is 1. The number of carbonyl (C=O) groups excluding carboxylic acids is 2. The number of likely N-dealkylation sites (tertiary alicyclic amines) is 1. The first-order valence-electron chi connectivity index (χ1n) is 8.37. The topological polar surface area (TPSA) is 87.5 Å². The van der Waals surface area contributed by atoms with Gasteiger partial charge in [0.05, 0.1) is 6.04 Å². The van der Waals surface area contributed by atoms with E-state index < -0.39 is 6.03 Å². The van der Waals surface area contributed by atoms with Gasteiger partial charge in [0.15, 0.2) is 0 Å². The molecular formula is C18H28N4O2. The molecule has 2 rings (SSSR count). The van der Waals surface area contributed by atoms with Crippen molar-refractivity contribution >= 4 is 17.6 Å². The minimum Gasteiger partial charge on any atom is -0.330 e. The van der Waals surface area contributed by atoms with Crippen molar-refractivity contribution in [2.45, 2.75) is 40.2 Å². The first-order valence-corrected chi connectivity index (χ1v) is 8.37. The highest BCUT2D eigenvalue weighted by molar-refractivity contribution is 6.03. The molecule has 0 aliphatic carbocycles. The molecule has 1 heterocycles. The molecule has 1 aliphatic rings. The molecule has 1 aliphatic heterocycles. The van der Waals surface area contributed by atoms with Gasteiger partial charge in [-0.15, -0.1) is 0 Å². The van der Waals surface area contributed by atoms with E-state index in [4.69, 9.17) is 5.73 Å². The first kappa shape index (κ1) is 18.4. The van der Waals surface area contributed by atoms with E-state index in [1.807, 2.05) is 39.0 Å². The van der Waals surface area contributed by atoms with E-state index in [1.54, 1.807) is 0 Å². The number of amides is 3. The molecule has 3 amide bonds. The van der Waals surface area contributed by atoms with Crippen LogP contribution in [0.15, 0.2) is 18.2 Å². The average Bonchev–Trinajstić information content (AvgIpc) is 2.92. The number of carbonyl (C=O) groups is 2. The van der Waals surface area contributed by atoms with Gasteiger partial charge in [-0.25, -0.2) is 4.79 Å². The molecular weight excluding hydrogens is 304 g/mol. The van der Waals surface area contributed by atoms with Crippen LogP contribution in [0.1, 0.15) is 31.4 Å². The number of nitrogens with one attached hydrogen (secondary N) is 2. The lowest BCUT2D eigenvalue weighted by Gasteiger charge is -2.26. The molecule has 2 atom stereocenters. The van der Waals surface area contributed by atoms with E-state index in [9.17, 15) is 9.59 Å². The highest BCUT2D eigenvalue weighted by Crippen LogP contribution is 2.29. The van der Waals surface area contributed by atoms with Gasteiger partial charge >= 0.3 is 6.03 Å². The number of imide groups is 1. The van der Waals surface area contributed by atoms with Gasteiger partial charge in [-0.2, -0.15) is 0 Å². The standard InChI is InChI=1S/C18H28N4O2/c1-12-5-6-15(13(2)9-12)20-17(24)21-16(23)14(3)22-8-7-18(4,10-19)11-22/h5-6,9,14H,7-8,10-11,19H2,1-4H3,(H2,20,21,23,24). The van der Waals surface area contributed by atoms with E-state index in [-0.39, 0.29) is 17.4 Å². The minimum atomic E-state index is -0.500. The van der Waals surface area contributed by atoms with Crippen LogP contribution in [0.5, 0.6) is 0 Å².